The van der Waals surface area contributed by atoms with E-state index in [0.717, 1.165) is 5.56 Å². The number of hydrogen-bond donors (Lipinski definition) is 0. The largest absolute Gasteiger partial charge is 0.485 e. The van der Waals surface area contributed by atoms with Crippen molar-refractivity contribution in [2.75, 3.05) is 6.61 Å². The molecule has 21 heavy (non-hydrogen) atoms. The number of hydrogen-bond acceptors (Lipinski definition) is 4. The molecule has 0 bridgehead atoms. The number of ketones is 1. The van der Waals surface area contributed by atoms with Crippen molar-refractivity contribution in [2.24, 2.45) is 0 Å². The van der Waals surface area contributed by atoms with Gasteiger partial charge in [-0.1, -0.05) is 41.4 Å². The summed E-state index contributed by atoms with van der Waals surface area (Å²) in [5.74, 6) is 0.135. The number of Topliss-reactive ketones (excluding diaryl/α,β-unsaturated/α-hetero) is 1. The maximum Gasteiger partial charge on any atom is 0.288 e. The molecule has 0 aliphatic heterocycles. The Hall–Kier alpha value is -2.40. The molecule has 0 heterocycles. The summed E-state index contributed by atoms with van der Waals surface area (Å²) in [6.07, 6.45) is 0. The van der Waals surface area contributed by atoms with Crippen LogP contribution in [0.3, 0.4) is 0 Å². The van der Waals surface area contributed by atoms with Gasteiger partial charge in [0, 0.05) is 17.7 Å². The Morgan fingerprint density at radius 2 is 1.90 bits per heavy atom. The van der Waals surface area contributed by atoms with E-state index in [0.29, 0.717) is 11.3 Å². The van der Waals surface area contributed by atoms with E-state index >= 15 is 0 Å². The number of rotatable bonds is 5. The molecule has 2 aromatic rings. The molecule has 0 saturated heterocycles. The number of ether oxygens (including phenoxy) is 1. The van der Waals surface area contributed by atoms with Gasteiger partial charge in [0.05, 0.1) is 4.92 Å². The minimum Gasteiger partial charge on any atom is -0.485 e. The number of nitro benzene ring substituents is 1. The van der Waals surface area contributed by atoms with Crippen LogP contribution in [0.25, 0.3) is 0 Å². The molecule has 0 N–H and O–H groups in total. The maximum absolute atomic E-state index is 11.9. The molecule has 2 aromatic carbocycles. The van der Waals surface area contributed by atoms with Crippen LogP contribution in [-0.2, 0) is 0 Å². The van der Waals surface area contributed by atoms with Gasteiger partial charge in [0.2, 0.25) is 0 Å². The van der Waals surface area contributed by atoms with Crippen molar-refractivity contribution in [2.45, 2.75) is 6.92 Å². The van der Waals surface area contributed by atoms with E-state index in [1.165, 1.54) is 18.2 Å². The van der Waals surface area contributed by atoms with Gasteiger partial charge in [-0.15, -0.1) is 0 Å². The number of aryl methyl sites for hydroxylation is 1. The number of nitrogens with zero attached hydrogens (tertiary/aromatic N) is 1. The summed E-state index contributed by atoms with van der Waals surface area (Å²) in [6.45, 7) is 1.78. The highest BCUT2D eigenvalue weighted by molar-refractivity contribution is 6.32. The number of benzene rings is 2. The van der Waals surface area contributed by atoms with Crippen molar-refractivity contribution in [1.29, 1.82) is 0 Å². The number of nitro groups is 1. The average Bonchev–Trinajstić information content (AvgIpc) is 2.45. The van der Waals surface area contributed by atoms with Crippen LogP contribution in [0.4, 0.5) is 5.69 Å². The summed E-state index contributed by atoms with van der Waals surface area (Å²) in [4.78, 5) is 22.0. The fourth-order valence-corrected chi connectivity index (χ4v) is 1.94. The zero-order valence-electron chi connectivity index (χ0n) is 11.2. The third-order valence-corrected chi connectivity index (χ3v) is 3.16. The molecule has 108 valence electrons. The topological polar surface area (TPSA) is 69.4 Å². The van der Waals surface area contributed by atoms with Gasteiger partial charge >= 0.3 is 0 Å². The summed E-state index contributed by atoms with van der Waals surface area (Å²) < 4.78 is 5.31. The molecule has 0 radical (unpaired) electrons. The average molecular weight is 306 g/mol. The summed E-state index contributed by atoms with van der Waals surface area (Å²) in [5, 5.41) is 10.6. The third-order valence-electron chi connectivity index (χ3n) is 2.86. The lowest BCUT2D eigenvalue weighted by molar-refractivity contribution is -0.384. The SMILES string of the molecule is Cc1ccc(C(=O)COc2ccc([N+](=O)[O-])c(Cl)c2)cc1. The molecule has 0 spiro atoms. The Kier molecular flexibility index (Phi) is 4.55. The Morgan fingerprint density at radius 1 is 1.24 bits per heavy atom. The molecule has 0 aliphatic rings. The molecule has 0 atom stereocenters. The van der Waals surface area contributed by atoms with Gasteiger partial charge in [0.15, 0.2) is 12.4 Å². The van der Waals surface area contributed by atoms with E-state index < -0.39 is 4.92 Å². The van der Waals surface area contributed by atoms with Crippen molar-refractivity contribution in [3.8, 4) is 5.75 Å². The number of carbonyl (C=O) groups excluding carboxylic acids is 1. The van der Waals surface area contributed by atoms with E-state index in [4.69, 9.17) is 16.3 Å². The van der Waals surface area contributed by atoms with Crippen LogP contribution in [-0.4, -0.2) is 17.3 Å². The first-order chi connectivity index (χ1) is 9.97. The highest BCUT2D eigenvalue weighted by atomic mass is 35.5. The normalized spacial score (nSPS) is 10.2. The summed E-state index contributed by atoms with van der Waals surface area (Å²) in [5.41, 5.74) is 1.41. The van der Waals surface area contributed by atoms with Gasteiger partial charge in [-0.05, 0) is 13.0 Å². The number of halogens is 1. The standard InChI is InChI=1S/C15H12ClNO4/c1-10-2-4-11(5-3-10)15(18)9-21-12-6-7-14(17(19)20)13(16)8-12/h2-8H,9H2,1H3. The molecule has 5 nitrogen and oxygen atoms in total. The molecule has 0 fully saturated rings. The smallest absolute Gasteiger partial charge is 0.288 e. The van der Waals surface area contributed by atoms with Crippen LogP contribution in [0.5, 0.6) is 5.75 Å². The van der Waals surface area contributed by atoms with Crippen molar-refractivity contribution in [1.82, 2.24) is 0 Å². The van der Waals surface area contributed by atoms with Gasteiger partial charge in [0.1, 0.15) is 10.8 Å². The molecular weight excluding hydrogens is 294 g/mol. The van der Waals surface area contributed by atoms with Gasteiger partial charge in [-0.2, -0.15) is 0 Å². The van der Waals surface area contributed by atoms with E-state index in [1.807, 2.05) is 19.1 Å². The fraction of sp³-hybridized carbons (Fsp3) is 0.133. The molecule has 0 aromatic heterocycles. The fourth-order valence-electron chi connectivity index (χ4n) is 1.70. The van der Waals surface area contributed by atoms with Crippen molar-refractivity contribution >= 4 is 23.1 Å². The molecule has 0 unspecified atom stereocenters. The molecule has 0 aliphatic carbocycles. The van der Waals surface area contributed by atoms with E-state index in [2.05, 4.69) is 0 Å². The lowest BCUT2D eigenvalue weighted by Crippen LogP contribution is -2.11. The Balaban J connectivity index is 2.03. The van der Waals surface area contributed by atoms with Crippen molar-refractivity contribution in [3.63, 3.8) is 0 Å². The minimum atomic E-state index is -0.580. The first kappa shape index (κ1) is 15.0. The molecule has 0 saturated carbocycles. The monoisotopic (exact) mass is 305 g/mol. The zero-order valence-corrected chi connectivity index (χ0v) is 12.0. The molecule has 0 amide bonds. The van der Waals surface area contributed by atoms with Gasteiger partial charge < -0.3 is 4.74 Å². The predicted octanol–water partition coefficient (Wildman–Crippen LogP) is 3.82. The van der Waals surface area contributed by atoms with Crippen molar-refractivity contribution in [3.05, 3.63) is 68.7 Å². The Morgan fingerprint density at radius 3 is 2.48 bits per heavy atom. The summed E-state index contributed by atoms with van der Waals surface area (Å²) in [7, 11) is 0. The second-order valence-electron chi connectivity index (χ2n) is 4.45. The molecule has 6 heteroatoms. The minimum absolute atomic E-state index is 0.0275. The van der Waals surface area contributed by atoms with Crippen LogP contribution in [0.2, 0.25) is 5.02 Å². The third kappa shape index (κ3) is 3.79. The van der Waals surface area contributed by atoms with Crippen LogP contribution in [0.15, 0.2) is 42.5 Å². The summed E-state index contributed by atoms with van der Waals surface area (Å²) in [6, 6.07) is 11.1. The highest BCUT2D eigenvalue weighted by Gasteiger charge is 2.13. The highest BCUT2D eigenvalue weighted by Crippen LogP contribution is 2.28. The molecule has 2 rings (SSSR count). The van der Waals surface area contributed by atoms with Crippen molar-refractivity contribution < 1.29 is 14.5 Å². The van der Waals surface area contributed by atoms with Gasteiger partial charge in [-0.3, -0.25) is 14.9 Å². The quantitative estimate of drug-likeness (QED) is 0.478. The second-order valence-corrected chi connectivity index (χ2v) is 4.86. The van der Waals surface area contributed by atoms with E-state index in [9.17, 15) is 14.9 Å². The Bertz CT molecular complexity index is 683. The first-order valence-electron chi connectivity index (χ1n) is 6.14. The van der Waals surface area contributed by atoms with Crippen LogP contribution in [0, 0.1) is 17.0 Å². The zero-order chi connectivity index (χ0) is 15.4. The van der Waals surface area contributed by atoms with Crippen LogP contribution in [0.1, 0.15) is 15.9 Å². The lowest BCUT2D eigenvalue weighted by atomic mass is 10.1. The van der Waals surface area contributed by atoms with E-state index in [-0.39, 0.29) is 23.1 Å². The van der Waals surface area contributed by atoms with Gasteiger partial charge in [0.25, 0.3) is 5.69 Å². The second kappa shape index (κ2) is 6.37. The lowest BCUT2D eigenvalue weighted by Gasteiger charge is -2.06. The van der Waals surface area contributed by atoms with Crippen LogP contribution < -0.4 is 4.74 Å². The van der Waals surface area contributed by atoms with Gasteiger partial charge in [-0.25, -0.2) is 0 Å². The number of carbonyl (C=O) groups is 1. The predicted molar refractivity (Wildman–Crippen MR) is 79.1 cm³/mol. The summed E-state index contributed by atoms with van der Waals surface area (Å²) >= 11 is 5.77. The first-order valence-corrected chi connectivity index (χ1v) is 6.52. The maximum atomic E-state index is 11.9. The van der Waals surface area contributed by atoms with E-state index in [1.54, 1.807) is 12.1 Å². The Labute approximate surface area is 126 Å². The van der Waals surface area contributed by atoms with Crippen LogP contribution >= 0.6 is 11.6 Å². The molecular formula is C15H12ClNO4.